The summed E-state index contributed by atoms with van der Waals surface area (Å²) in [6.45, 7) is 0. The maximum absolute atomic E-state index is 10.4. The first kappa shape index (κ1) is 8.83. The van der Waals surface area contributed by atoms with Crippen LogP contribution in [0.25, 0.3) is 0 Å². The molecule has 62 valence electrons. The fraction of sp³-hybridized carbons (Fsp3) is 0. The molecule has 0 fully saturated rings. The zero-order chi connectivity index (χ0) is 9.84. The summed E-state index contributed by atoms with van der Waals surface area (Å²) in [6, 6.07) is 4.16. The molecule has 0 saturated carbocycles. The highest BCUT2D eigenvalue weighted by Gasteiger charge is 2.07. The van der Waals surface area contributed by atoms with E-state index in [2.05, 4.69) is 11.8 Å². The molecule has 0 saturated heterocycles. The summed E-state index contributed by atoms with van der Waals surface area (Å²) in [5.74, 6) is 4.59. The number of terminal acetylenes is 2. The molecule has 0 atom stereocenters. The van der Waals surface area contributed by atoms with E-state index in [0.29, 0.717) is 11.1 Å². The largest absolute Gasteiger partial charge is 0.271 e. The number of nitrogens with zero attached hydrogens (tertiary/aromatic N) is 1. The Labute approximate surface area is 75.5 Å². The number of nitro benzene ring substituents is 1. The third kappa shape index (κ3) is 1.85. The van der Waals surface area contributed by atoms with Crippen LogP contribution in [0.2, 0.25) is 0 Å². The van der Waals surface area contributed by atoms with Crippen LogP contribution in [0.5, 0.6) is 0 Å². The zero-order valence-corrected chi connectivity index (χ0v) is 6.65. The van der Waals surface area contributed by atoms with Gasteiger partial charge >= 0.3 is 0 Å². The Bertz CT molecular complexity index is 403. The van der Waals surface area contributed by atoms with Crippen molar-refractivity contribution in [1.82, 2.24) is 0 Å². The van der Waals surface area contributed by atoms with Gasteiger partial charge in [-0.2, -0.15) is 0 Å². The number of hydrogen-bond acceptors (Lipinski definition) is 2. The predicted octanol–water partition coefficient (Wildman–Crippen LogP) is 1.56. The van der Waals surface area contributed by atoms with Gasteiger partial charge in [0.15, 0.2) is 0 Å². The molecule has 0 heterocycles. The van der Waals surface area contributed by atoms with Crippen LogP contribution in [-0.4, -0.2) is 4.92 Å². The second-order valence-corrected chi connectivity index (χ2v) is 2.31. The lowest BCUT2D eigenvalue weighted by Gasteiger charge is -1.94. The number of rotatable bonds is 1. The molecule has 1 aromatic carbocycles. The minimum atomic E-state index is -0.526. The van der Waals surface area contributed by atoms with Crippen molar-refractivity contribution >= 4 is 5.69 Å². The first-order valence-corrected chi connectivity index (χ1v) is 3.40. The van der Waals surface area contributed by atoms with Gasteiger partial charge < -0.3 is 0 Å². The molecule has 0 aliphatic heterocycles. The van der Waals surface area contributed by atoms with E-state index in [-0.39, 0.29) is 5.69 Å². The van der Waals surface area contributed by atoms with Crippen LogP contribution in [0.1, 0.15) is 11.1 Å². The molecule has 0 radical (unpaired) electrons. The van der Waals surface area contributed by atoms with Crippen molar-refractivity contribution < 1.29 is 4.92 Å². The van der Waals surface area contributed by atoms with E-state index in [1.165, 1.54) is 12.1 Å². The van der Waals surface area contributed by atoms with E-state index in [1.807, 2.05) is 0 Å². The third-order valence-electron chi connectivity index (χ3n) is 1.46. The van der Waals surface area contributed by atoms with Crippen molar-refractivity contribution in [3.8, 4) is 24.7 Å². The van der Waals surface area contributed by atoms with E-state index in [0.717, 1.165) is 0 Å². The van der Waals surface area contributed by atoms with Crippen molar-refractivity contribution in [2.45, 2.75) is 0 Å². The van der Waals surface area contributed by atoms with E-state index in [1.54, 1.807) is 6.07 Å². The van der Waals surface area contributed by atoms with Crippen LogP contribution in [0.3, 0.4) is 0 Å². The normalized spacial score (nSPS) is 8.46. The van der Waals surface area contributed by atoms with E-state index in [4.69, 9.17) is 12.8 Å². The summed E-state index contributed by atoms with van der Waals surface area (Å²) in [4.78, 5) is 9.88. The summed E-state index contributed by atoms with van der Waals surface area (Å²) < 4.78 is 0. The second kappa shape index (κ2) is 3.42. The summed E-state index contributed by atoms with van der Waals surface area (Å²) in [7, 11) is 0. The fourth-order valence-corrected chi connectivity index (χ4v) is 0.883. The quantitative estimate of drug-likeness (QED) is 0.365. The van der Waals surface area contributed by atoms with Crippen LogP contribution in [0, 0.1) is 34.8 Å². The Morgan fingerprint density at radius 3 is 1.92 bits per heavy atom. The minimum Gasteiger partial charge on any atom is -0.258 e. The maximum atomic E-state index is 10.4. The molecular formula is C10H5NO2. The van der Waals surface area contributed by atoms with Gasteiger partial charge in [-0.15, -0.1) is 12.8 Å². The SMILES string of the molecule is C#Cc1cc(C#C)cc([N+](=O)[O-])c1. The first-order valence-electron chi connectivity index (χ1n) is 3.40. The van der Waals surface area contributed by atoms with E-state index < -0.39 is 4.92 Å². The Morgan fingerprint density at radius 1 is 1.15 bits per heavy atom. The first-order chi connectivity index (χ1) is 6.17. The lowest BCUT2D eigenvalue weighted by Crippen LogP contribution is -1.90. The highest BCUT2D eigenvalue weighted by molar-refractivity contribution is 5.50. The molecule has 3 nitrogen and oxygen atoms in total. The standard InChI is InChI=1S/C10H5NO2/c1-3-8-5-9(4-2)7-10(6-8)11(12)13/h1-2,5-7H. The summed E-state index contributed by atoms with van der Waals surface area (Å²) in [5, 5.41) is 10.4. The molecule has 0 N–H and O–H groups in total. The molecule has 0 bridgehead atoms. The van der Waals surface area contributed by atoms with Gasteiger partial charge in [-0.25, -0.2) is 0 Å². The predicted molar refractivity (Wildman–Crippen MR) is 49.0 cm³/mol. The monoisotopic (exact) mass is 171 g/mol. The van der Waals surface area contributed by atoms with Crippen molar-refractivity contribution in [3.63, 3.8) is 0 Å². The van der Waals surface area contributed by atoms with E-state index >= 15 is 0 Å². The van der Waals surface area contributed by atoms with Crippen LogP contribution in [0.15, 0.2) is 18.2 Å². The van der Waals surface area contributed by atoms with Crippen LogP contribution in [-0.2, 0) is 0 Å². The van der Waals surface area contributed by atoms with Gasteiger partial charge in [0.25, 0.3) is 5.69 Å². The fourth-order valence-electron chi connectivity index (χ4n) is 0.883. The molecule has 0 amide bonds. The van der Waals surface area contributed by atoms with E-state index in [9.17, 15) is 10.1 Å². The molecule has 0 spiro atoms. The van der Waals surface area contributed by atoms with Crippen molar-refractivity contribution in [2.24, 2.45) is 0 Å². The molecule has 3 heteroatoms. The highest BCUT2D eigenvalue weighted by atomic mass is 16.6. The molecule has 0 aromatic heterocycles. The average molecular weight is 171 g/mol. The number of hydrogen-bond donors (Lipinski definition) is 0. The second-order valence-electron chi connectivity index (χ2n) is 2.31. The zero-order valence-electron chi connectivity index (χ0n) is 6.65. The van der Waals surface area contributed by atoms with Gasteiger partial charge in [-0.1, -0.05) is 11.8 Å². The van der Waals surface area contributed by atoms with Gasteiger partial charge in [-0.05, 0) is 6.07 Å². The molecule has 0 unspecified atom stereocenters. The Kier molecular flexibility index (Phi) is 2.33. The molecule has 0 aliphatic rings. The topological polar surface area (TPSA) is 43.1 Å². The van der Waals surface area contributed by atoms with Crippen LogP contribution < -0.4 is 0 Å². The molecule has 1 aromatic rings. The van der Waals surface area contributed by atoms with Crippen LogP contribution >= 0.6 is 0 Å². The summed E-state index contributed by atoms with van der Waals surface area (Å²) in [5.41, 5.74) is 0.757. The lowest BCUT2D eigenvalue weighted by atomic mass is 10.1. The number of benzene rings is 1. The van der Waals surface area contributed by atoms with Gasteiger partial charge in [0.05, 0.1) is 4.92 Å². The third-order valence-corrected chi connectivity index (χ3v) is 1.46. The smallest absolute Gasteiger partial charge is 0.258 e. The van der Waals surface area contributed by atoms with Crippen LogP contribution in [0.4, 0.5) is 5.69 Å². The minimum absolute atomic E-state index is 0.0802. The molecule has 0 aliphatic carbocycles. The van der Waals surface area contributed by atoms with Gasteiger partial charge in [0.2, 0.25) is 0 Å². The highest BCUT2D eigenvalue weighted by Crippen LogP contribution is 2.15. The van der Waals surface area contributed by atoms with Gasteiger partial charge in [0, 0.05) is 23.3 Å². The maximum Gasteiger partial charge on any atom is 0.271 e. The number of nitro groups is 1. The van der Waals surface area contributed by atoms with Crippen molar-refractivity contribution in [3.05, 3.63) is 39.4 Å². The Balaban J connectivity index is 3.35. The lowest BCUT2D eigenvalue weighted by molar-refractivity contribution is -0.384. The summed E-state index contributed by atoms with van der Waals surface area (Å²) in [6.07, 6.45) is 10.2. The average Bonchev–Trinajstić information content (AvgIpc) is 2.16. The molecular weight excluding hydrogens is 166 g/mol. The Morgan fingerprint density at radius 2 is 1.62 bits per heavy atom. The molecule has 13 heavy (non-hydrogen) atoms. The number of non-ortho nitro benzene ring substituents is 1. The summed E-state index contributed by atoms with van der Waals surface area (Å²) >= 11 is 0. The Hall–Kier alpha value is -2.26. The van der Waals surface area contributed by atoms with Gasteiger partial charge in [0.1, 0.15) is 0 Å². The van der Waals surface area contributed by atoms with Crippen molar-refractivity contribution in [2.75, 3.05) is 0 Å². The van der Waals surface area contributed by atoms with Crippen molar-refractivity contribution in [1.29, 1.82) is 0 Å². The molecule has 1 rings (SSSR count). The van der Waals surface area contributed by atoms with Gasteiger partial charge in [-0.3, -0.25) is 10.1 Å².